The molecule has 2 saturated heterocycles. The van der Waals surface area contributed by atoms with Crippen LogP contribution in [0.4, 0.5) is 5.82 Å². The highest BCUT2D eigenvalue weighted by Crippen LogP contribution is 2.24. The molecular weight excluding hydrogens is 316 g/mol. The van der Waals surface area contributed by atoms with Crippen LogP contribution in [0.2, 0.25) is 5.15 Å². The van der Waals surface area contributed by atoms with Crippen LogP contribution in [-0.4, -0.2) is 59.9 Å². The molecule has 1 atom stereocenters. The number of ether oxygens (including phenoxy) is 1. The molecule has 0 bridgehead atoms. The summed E-state index contributed by atoms with van der Waals surface area (Å²) in [4.78, 5) is 16.9. The molecule has 0 saturated carbocycles. The second-order valence-corrected chi connectivity index (χ2v) is 6.55. The third kappa shape index (κ3) is 3.93. The first-order valence-electron chi connectivity index (χ1n) is 8.32. The summed E-state index contributed by atoms with van der Waals surface area (Å²) < 4.78 is 5.65. The summed E-state index contributed by atoms with van der Waals surface area (Å²) in [6.07, 6.45) is 2.86. The molecule has 6 nitrogen and oxygen atoms in total. The number of piperidine rings is 1. The molecule has 2 fully saturated rings. The molecule has 0 N–H and O–H groups in total. The van der Waals surface area contributed by atoms with Crippen LogP contribution in [0.5, 0.6) is 0 Å². The zero-order valence-electron chi connectivity index (χ0n) is 13.4. The molecular formula is C16H23ClN4O2. The zero-order chi connectivity index (χ0) is 16.2. The van der Waals surface area contributed by atoms with Crippen molar-refractivity contribution in [1.29, 1.82) is 0 Å². The number of hydrogen-bond donors (Lipinski definition) is 0. The molecule has 23 heavy (non-hydrogen) atoms. The largest absolute Gasteiger partial charge is 0.375 e. The number of anilines is 1. The normalized spacial score (nSPS) is 23.1. The summed E-state index contributed by atoms with van der Waals surface area (Å²) in [6.45, 7) is 5.87. The van der Waals surface area contributed by atoms with E-state index >= 15 is 0 Å². The highest BCUT2D eigenvalue weighted by atomic mass is 35.5. The van der Waals surface area contributed by atoms with Crippen LogP contribution in [0.3, 0.4) is 0 Å². The number of halogens is 1. The number of carbonyl (C=O) groups excluding carboxylic acids is 1. The molecule has 0 aromatic carbocycles. The van der Waals surface area contributed by atoms with Gasteiger partial charge in [-0.15, -0.1) is 10.2 Å². The van der Waals surface area contributed by atoms with Crippen molar-refractivity contribution in [1.82, 2.24) is 15.1 Å². The predicted octanol–water partition coefficient (Wildman–Crippen LogP) is 1.98. The number of aromatic nitrogens is 2. The van der Waals surface area contributed by atoms with Gasteiger partial charge in [0.05, 0.1) is 12.7 Å². The van der Waals surface area contributed by atoms with E-state index in [-0.39, 0.29) is 17.9 Å². The molecule has 3 heterocycles. The number of carbonyl (C=O) groups is 1. The Bertz CT molecular complexity index is 531. The van der Waals surface area contributed by atoms with E-state index in [0.29, 0.717) is 11.8 Å². The first-order valence-corrected chi connectivity index (χ1v) is 8.69. The SMILES string of the molecule is CCC1CN(C(=O)C2CCN(c3ccc(Cl)nn3)CC2)CCO1. The Balaban J connectivity index is 1.54. The fourth-order valence-electron chi connectivity index (χ4n) is 3.26. The smallest absolute Gasteiger partial charge is 0.225 e. The lowest BCUT2D eigenvalue weighted by molar-refractivity contribution is -0.143. The molecule has 2 aliphatic rings. The average molecular weight is 339 g/mol. The molecule has 7 heteroatoms. The molecule has 0 radical (unpaired) electrons. The van der Waals surface area contributed by atoms with Gasteiger partial charge < -0.3 is 14.5 Å². The van der Waals surface area contributed by atoms with Crippen molar-refractivity contribution >= 4 is 23.3 Å². The van der Waals surface area contributed by atoms with Gasteiger partial charge in [-0.1, -0.05) is 18.5 Å². The predicted molar refractivity (Wildman–Crippen MR) is 88.6 cm³/mol. The molecule has 1 amide bonds. The van der Waals surface area contributed by atoms with Gasteiger partial charge in [0.15, 0.2) is 11.0 Å². The summed E-state index contributed by atoms with van der Waals surface area (Å²) in [5, 5.41) is 8.40. The van der Waals surface area contributed by atoms with E-state index in [4.69, 9.17) is 16.3 Å². The number of rotatable bonds is 3. The van der Waals surface area contributed by atoms with E-state index in [1.807, 2.05) is 11.0 Å². The zero-order valence-corrected chi connectivity index (χ0v) is 14.2. The van der Waals surface area contributed by atoms with Crippen LogP contribution < -0.4 is 4.90 Å². The summed E-state index contributed by atoms with van der Waals surface area (Å²) in [6, 6.07) is 3.63. The minimum Gasteiger partial charge on any atom is -0.375 e. The van der Waals surface area contributed by atoms with E-state index in [1.165, 1.54) is 0 Å². The van der Waals surface area contributed by atoms with Crippen LogP contribution >= 0.6 is 11.6 Å². The highest BCUT2D eigenvalue weighted by molar-refractivity contribution is 6.29. The van der Waals surface area contributed by atoms with Crippen molar-refractivity contribution in [3.05, 3.63) is 17.3 Å². The van der Waals surface area contributed by atoms with Gasteiger partial charge >= 0.3 is 0 Å². The second-order valence-electron chi connectivity index (χ2n) is 6.16. The van der Waals surface area contributed by atoms with Crippen LogP contribution in [0.1, 0.15) is 26.2 Å². The van der Waals surface area contributed by atoms with Crippen LogP contribution in [0.15, 0.2) is 12.1 Å². The second kappa shape index (κ2) is 7.45. The third-order valence-corrected chi connectivity index (χ3v) is 4.89. The third-order valence-electron chi connectivity index (χ3n) is 4.69. The van der Waals surface area contributed by atoms with E-state index in [1.54, 1.807) is 6.07 Å². The Morgan fingerprint density at radius 1 is 1.30 bits per heavy atom. The van der Waals surface area contributed by atoms with Gasteiger partial charge in [0.1, 0.15) is 0 Å². The first-order chi connectivity index (χ1) is 11.2. The van der Waals surface area contributed by atoms with Crippen molar-refractivity contribution in [2.24, 2.45) is 5.92 Å². The van der Waals surface area contributed by atoms with Gasteiger partial charge in [-0.2, -0.15) is 0 Å². The van der Waals surface area contributed by atoms with Gasteiger partial charge in [0.2, 0.25) is 5.91 Å². The quantitative estimate of drug-likeness (QED) is 0.843. The van der Waals surface area contributed by atoms with Gasteiger partial charge in [0.25, 0.3) is 0 Å². The maximum absolute atomic E-state index is 12.7. The fourth-order valence-corrected chi connectivity index (χ4v) is 3.36. The molecule has 1 aromatic rings. The molecule has 0 spiro atoms. The molecule has 0 aliphatic carbocycles. The molecule has 2 aliphatic heterocycles. The molecule has 1 aromatic heterocycles. The topological polar surface area (TPSA) is 58.6 Å². The lowest BCUT2D eigenvalue weighted by atomic mass is 9.95. The lowest BCUT2D eigenvalue weighted by Crippen LogP contribution is -2.49. The van der Waals surface area contributed by atoms with Crippen LogP contribution in [0, 0.1) is 5.92 Å². The van der Waals surface area contributed by atoms with E-state index < -0.39 is 0 Å². The fraction of sp³-hybridized carbons (Fsp3) is 0.688. The highest BCUT2D eigenvalue weighted by Gasteiger charge is 2.31. The minimum absolute atomic E-state index is 0.113. The Hall–Kier alpha value is -1.40. The first kappa shape index (κ1) is 16.5. The monoisotopic (exact) mass is 338 g/mol. The Morgan fingerprint density at radius 2 is 2.09 bits per heavy atom. The van der Waals surface area contributed by atoms with Crippen molar-refractivity contribution in [3.63, 3.8) is 0 Å². The van der Waals surface area contributed by atoms with Gasteiger partial charge in [-0.25, -0.2) is 0 Å². The van der Waals surface area contributed by atoms with Gasteiger partial charge in [-0.05, 0) is 31.4 Å². The van der Waals surface area contributed by atoms with Crippen LogP contribution in [-0.2, 0) is 9.53 Å². The molecule has 1 unspecified atom stereocenters. The standard InChI is InChI=1S/C16H23ClN4O2/c1-2-13-11-21(9-10-23-13)16(22)12-5-7-20(8-6-12)15-4-3-14(17)18-19-15/h3-4,12-13H,2,5-11H2,1H3. The number of hydrogen-bond acceptors (Lipinski definition) is 5. The Morgan fingerprint density at radius 3 is 2.74 bits per heavy atom. The van der Waals surface area contributed by atoms with Gasteiger partial charge in [0, 0.05) is 32.1 Å². The summed E-state index contributed by atoms with van der Waals surface area (Å²) >= 11 is 5.77. The Labute approximate surface area is 141 Å². The van der Waals surface area contributed by atoms with Crippen molar-refractivity contribution in [3.8, 4) is 0 Å². The molecule has 3 rings (SSSR count). The summed E-state index contributed by atoms with van der Waals surface area (Å²) in [5.74, 6) is 1.23. The van der Waals surface area contributed by atoms with Gasteiger partial charge in [-0.3, -0.25) is 4.79 Å². The van der Waals surface area contributed by atoms with Crippen molar-refractivity contribution in [2.75, 3.05) is 37.7 Å². The summed E-state index contributed by atoms with van der Waals surface area (Å²) in [7, 11) is 0. The van der Waals surface area contributed by atoms with E-state index in [0.717, 1.165) is 51.3 Å². The van der Waals surface area contributed by atoms with Crippen molar-refractivity contribution in [2.45, 2.75) is 32.3 Å². The number of morpholine rings is 1. The molecule has 126 valence electrons. The maximum Gasteiger partial charge on any atom is 0.225 e. The Kier molecular flexibility index (Phi) is 5.33. The average Bonchev–Trinajstić information content (AvgIpc) is 2.62. The lowest BCUT2D eigenvalue weighted by Gasteiger charge is -2.37. The number of amides is 1. The van der Waals surface area contributed by atoms with E-state index in [2.05, 4.69) is 22.0 Å². The number of nitrogens with zero attached hydrogens (tertiary/aromatic N) is 4. The van der Waals surface area contributed by atoms with Crippen molar-refractivity contribution < 1.29 is 9.53 Å². The maximum atomic E-state index is 12.7. The summed E-state index contributed by atoms with van der Waals surface area (Å²) in [5.41, 5.74) is 0. The minimum atomic E-state index is 0.113. The van der Waals surface area contributed by atoms with Crippen LogP contribution in [0.25, 0.3) is 0 Å². The van der Waals surface area contributed by atoms with E-state index in [9.17, 15) is 4.79 Å².